The van der Waals surface area contributed by atoms with Crippen molar-refractivity contribution >= 4 is 21.4 Å². The van der Waals surface area contributed by atoms with Crippen molar-refractivity contribution in [2.45, 2.75) is 35.6 Å². The van der Waals surface area contributed by atoms with E-state index in [1.54, 1.807) is 36.1 Å². The number of likely N-dealkylation sites (tertiary alicyclic amines) is 1. The zero-order valence-corrected chi connectivity index (χ0v) is 20.2. The molecule has 0 spiro atoms. The molecule has 2 aromatic carbocycles. The fourth-order valence-electron chi connectivity index (χ4n) is 4.39. The van der Waals surface area contributed by atoms with Gasteiger partial charge in [-0.15, -0.1) is 0 Å². The van der Waals surface area contributed by atoms with Gasteiger partial charge >= 0.3 is 0 Å². The molecule has 3 aromatic rings. The van der Waals surface area contributed by atoms with E-state index >= 15 is 0 Å². The number of nitrogens with zero attached hydrogens (tertiary/aromatic N) is 2. The van der Waals surface area contributed by atoms with E-state index in [9.17, 15) is 18.4 Å². The summed E-state index contributed by atoms with van der Waals surface area (Å²) in [6.45, 7) is 1.87. The molecular formula is C25H28N4O5S. The lowest BCUT2D eigenvalue weighted by molar-refractivity contribution is 0.0702. The summed E-state index contributed by atoms with van der Waals surface area (Å²) in [7, 11) is -2.69. The first kappa shape index (κ1) is 24.6. The molecule has 4 rings (SSSR count). The average Bonchev–Trinajstić information content (AvgIpc) is 3.39. The molecular weight excluding hydrogens is 468 g/mol. The first-order chi connectivity index (χ1) is 16.8. The number of pyridine rings is 1. The fourth-order valence-corrected chi connectivity index (χ4v) is 6.07. The lowest BCUT2D eigenvalue weighted by Gasteiger charge is -2.23. The van der Waals surface area contributed by atoms with Gasteiger partial charge in [-0.1, -0.05) is 6.07 Å². The minimum atomic E-state index is -4.18. The van der Waals surface area contributed by atoms with Crippen LogP contribution in [0, 0.1) is 0 Å². The molecule has 9 nitrogen and oxygen atoms in total. The number of carbonyl (C=O) groups excluding carboxylic acids is 1. The number of sulfone groups is 1. The number of amides is 1. The molecule has 1 fully saturated rings. The second kappa shape index (κ2) is 10.4. The van der Waals surface area contributed by atoms with Gasteiger partial charge in [0.25, 0.3) is 5.91 Å². The van der Waals surface area contributed by atoms with Gasteiger partial charge in [-0.05, 0) is 73.5 Å². The summed E-state index contributed by atoms with van der Waals surface area (Å²) >= 11 is 0. The van der Waals surface area contributed by atoms with E-state index < -0.39 is 15.7 Å². The van der Waals surface area contributed by atoms with Crippen LogP contribution in [0.25, 0.3) is 0 Å². The Kier molecular flexibility index (Phi) is 7.34. The predicted molar refractivity (Wildman–Crippen MR) is 130 cm³/mol. The molecule has 1 saturated heterocycles. The van der Waals surface area contributed by atoms with Crippen molar-refractivity contribution in [2.24, 2.45) is 0 Å². The molecule has 4 N–H and O–H groups in total. The van der Waals surface area contributed by atoms with Gasteiger partial charge in [0.15, 0.2) is 0 Å². The van der Waals surface area contributed by atoms with Crippen molar-refractivity contribution in [3.05, 3.63) is 77.1 Å². The molecule has 0 aliphatic carbocycles. The molecule has 0 saturated carbocycles. The van der Waals surface area contributed by atoms with Crippen LogP contribution in [-0.2, 0) is 22.8 Å². The van der Waals surface area contributed by atoms with Crippen LogP contribution in [0.15, 0.2) is 64.6 Å². The predicted octanol–water partition coefficient (Wildman–Crippen LogP) is 2.81. The van der Waals surface area contributed by atoms with E-state index in [4.69, 9.17) is 10.5 Å². The van der Waals surface area contributed by atoms with E-state index in [2.05, 4.69) is 9.88 Å². The maximum Gasteiger partial charge on any atom is 0.275 e. The molecule has 0 atom stereocenters. The van der Waals surface area contributed by atoms with Gasteiger partial charge in [-0.25, -0.2) is 13.9 Å². The maximum atomic E-state index is 13.9. The lowest BCUT2D eigenvalue weighted by atomic mass is 9.97. The van der Waals surface area contributed by atoms with Crippen LogP contribution < -0.4 is 16.0 Å². The highest BCUT2D eigenvalue weighted by molar-refractivity contribution is 7.91. The smallest absolute Gasteiger partial charge is 0.275 e. The number of rotatable bonds is 8. The third-order valence-electron chi connectivity index (χ3n) is 6.19. The summed E-state index contributed by atoms with van der Waals surface area (Å²) in [6, 6.07) is 11.0. The molecule has 35 heavy (non-hydrogen) atoms. The number of anilines is 1. The second-order valence-electron chi connectivity index (χ2n) is 8.45. The molecule has 1 aliphatic rings. The topological polar surface area (TPSA) is 135 Å². The van der Waals surface area contributed by atoms with Crippen LogP contribution in [-0.4, -0.2) is 49.6 Å². The van der Waals surface area contributed by atoms with E-state index in [1.165, 1.54) is 25.3 Å². The maximum absolute atomic E-state index is 13.9. The van der Waals surface area contributed by atoms with Crippen molar-refractivity contribution in [3.63, 3.8) is 0 Å². The van der Waals surface area contributed by atoms with Gasteiger partial charge in [0, 0.05) is 36.6 Å². The second-order valence-corrected chi connectivity index (χ2v) is 10.3. The summed E-state index contributed by atoms with van der Waals surface area (Å²) in [6.07, 6.45) is 5.69. The number of hydroxylamine groups is 1. The number of carbonyl (C=O) groups is 1. The Hall–Kier alpha value is -3.47. The third kappa shape index (κ3) is 5.14. The number of nitrogens with two attached hydrogens (primary N) is 1. The average molecular weight is 497 g/mol. The zero-order chi connectivity index (χ0) is 25.0. The molecule has 184 valence electrons. The van der Waals surface area contributed by atoms with E-state index in [0.29, 0.717) is 29.0 Å². The fraction of sp³-hybridized carbons (Fsp3) is 0.280. The van der Waals surface area contributed by atoms with Crippen LogP contribution in [0.5, 0.6) is 5.75 Å². The number of benzene rings is 2. The SMILES string of the molecule is COc1ccc(S(=O)(=O)c2c(C(=O)NO)cc(Cc3cccnc3)c(N)c2CN2CCCC2)cc1. The molecule has 10 heteroatoms. The molecule has 1 aliphatic heterocycles. The molecule has 0 bridgehead atoms. The quantitative estimate of drug-likeness (QED) is 0.246. The highest BCUT2D eigenvalue weighted by Gasteiger charge is 2.32. The van der Waals surface area contributed by atoms with Crippen molar-refractivity contribution in [3.8, 4) is 5.75 Å². The monoisotopic (exact) mass is 496 g/mol. The minimum absolute atomic E-state index is 0.00706. The summed E-state index contributed by atoms with van der Waals surface area (Å²) in [4.78, 5) is 18.8. The molecule has 0 unspecified atom stereocenters. The number of aromatic nitrogens is 1. The van der Waals surface area contributed by atoms with Gasteiger partial charge in [-0.3, -0.25) is 19.9 Å². The zero-order valence-electron chi connectivity index (χ0n) is 19.4. The Morgan fingerprint density at radius 3 is 2.51 bits per heavy atom. The van der Waals surface area contributed by atoms with Crippen LogP contribution in [0.2, 0.25) is 0 Å². The Bertz CT molecular complexity index is 1310. The number of hydrogen-bond acceptors (Lipinski definition) is 8. The highest BCUT2D eigenvalue weighted by Crippen LogP contribution is 2.36. The molecule has 2 heterocycles. The van der Waals surface area contributed by atoms with Crippen molar-refractivity contribution in [1.82, 2.24) is 15.4 Å². The van der Waals surface area contributed by atoms with Gasteiger partial charge in [-0.2, -0.15) is 0 Å². The minimum Gasteiger partial charge on any atom is -0.497 e. The number of nitrogens with one attached hydrogen (secondary N) is 1. The molecule has 1 amide bonds. The standard InChI is InChI=1S/C25H28N4O5S/c1-34-19-6-8-20(9-7-19)35(32,33)24-21(25(30)28-31)14-18(13-17-5-4-10-27-15-17)23(26)22(24)16-29-11-2-3-12-29/h4-10,14-15,31H,2-3,11-13,16,26H2,1H3,(H,28,30). The van der Waals surface area contributed by atoms with Crippen molar-refractivity contribution in [2.75, 3.05) is 25.9 Å². The van der Waals surface area contributed by atoms with Gasteiger partial charge < -0.3 is 10.5 Å². The Morgan fingerprint density at radius 2 is 1.91 bits per heavy atom. The van der Waals surface area contributed by atoms with Crippen LogP contribution >= 0.6 is 0 Å². The van der Waals surface area contributed by atoms with E-state index in [-0.39, 0.29) is 21.9 Å². The summed E-state index contributed by atoms with van der Waals surface area (Å²) in [5.41, 5.74) is 10.2. The Morgan fingerprint density at radius 1 is 1.20 bits per heavy atom. The Labute approximate surface area is 204 Å². The number of ether oxygens (including phenoxy) is 1. The van der Waals surface area contributed by atoms with Crippen LogP contribution in [0.3, 0.4) is 0 Å². The van der Waals surface area contributed by atoms with Gasteiger partial charge in [0.2, 0.25) is 9.84 Å². The van der Waals surface area contributed by atoms with Crippen LogP contribution in [0.4, 0.5) is 5.69 Å². The first-order valence-corrected chi connectivity index (χ1v) is 12.7. The lowest BCUT2D eigenvalue weighted by Crippen LogP contribution is -2.27. The van der Waals surface area contributed by atoms with Gasteiger partial charge in [0.05, 0.1) is 22.5 Å². The van der Waals surface area contributed by atoms with Crippen LogP contribution in [0.1, 0.15) is 39.9 Å². The summed E-state index contributed by atoms with van der Waals surface area (Å²) < 4.78 is 33.0. The van der Waals surface area contributed by atoms with Crippen molar-refractivity contribution < 1.29 is 23.2 Å². The summed E-state index contributed by atoms with van der Waals surface area (Å²) in [5, 5.41) is 9.48. The molecule has 1 aromatic heterocycles. The number of methoxy groups -OCH3 is 1. The largest absolute Gasteiger partial charge is 0.497 e. The van der Waals surface area contributed by atoms with E-state index in [0.717, 1.165) is 31.5 Å². The first-order valence-electron chi connectivity index (χ1n) is 11.2. The summed E-state index contributed by atoms with van der Waals surface area (Å²) in [5.74, 6) is -0.423. The normalized spacial score (nSPS) is 14.1. The van der Waals surface area contributed by atoms with Crippen molar-refractivity contribution in [1.29, 1.82) is 0 Å². The van der Waals surface area contributed by atoms with E-state index in [1.807, 2.05) is 6.07 Å². The number of nitrogen functional groups attached to an aromatic ring is 1. The highest BCUT2D eigenvalue weighted by atomic mass is 32.2. The number of hydrogen-bond donors (Lipinski definition) is 3. The van der Waals surface area contributed by atoms with Gasteiger partial charge in [0.1, 0.15) is 5.75 Å². The Balaban J connectivity index is 1.94. The third-order valence-corrected chi connectivity index (χ3v) is 8.09. The molecule has 0 radical (unpaired) electrons.